The number of nitrogens with two attached hydrogens (primary N) is 1. The van der Waals surface area contributed by atoms with Crippen molar-refractivity contribution in [3.63, 3.8) is 0 Å². The van der Waals surface area contributed by atoms with Gasteiger partial charge in [0.15, 0.2) is 0 Å². The first-order valence-corrected chi connectivity index (χ1v) is 4.64. The van der Waals surface area contributed by atoms with Crippen LogP contribution in [0, 0.1) is 0 Å². The van der Waals surface area contributed by atoms with Gasteiger partial charge in [0.2, 0.25) is 0 Å². The number of hydrogen-bond donors (Lipinski definition) is 1. The van der Waals surface area contributed by atoms with Gasteiger partial charge >= 0.3 is 0 Å². The molecule has 0 aliphatic heterocycles. The van der Waals surface area contributed by atoms with Gasteiger partial charge in [0, 0.05) is 25.8 Å². The molecule has 0 spiro atoms. The third-order valence-corrected chi connectivity index (χ3v) is 1.82. The van der Waals surface area contributed by atoms with Gasteiger partial charge in [-0.05, 0) is 7.05 Å². The number of nitrogens with zero attached hydrogens (tertiary/aromatic N) is 4. The molecule has 0 aromatic carbocycles. The molecule has 0 unspecified atom stereocenters. The van der Waals surface area contributed by atoms with Gasteiger partial charge in [-0.3, -0.25) is 9.58 Å². The third-order valence-electron chi connectivity index (χ3n) is 1.82. The van der Waals surface area contributed by atoms with E-state index >= 15 is 0 Å². The zero-order chi connectivity index (χ0) is 10.4. The Morgan fingerprint density at radius 2 is 2.50 bits per heavy atom. The first-order chi connectivity index (χ1) is 6.76. The molecule has 0 saturated carbocycles. The molecule has 2 N–H and O–H groups in total. The van der Waals surface area contributed by atoms with Crippen LogP contribution in [0.15, 0.2) is 18.9 Å². The average Bonchev–Trinajstić information content (AvgIpc) is 2.53. The summed E-state index contributed by atoms with van der Waals surface area (Å²) in [6.45, 7) is 6.63. The van der Waals surface area contributed by atoms with Crippen LogP contribution in [0.2, 0.25) is 0 Å². The largest absolute Gasteiger partial charge is 0.329 e. The molecule has 0 fully saturated rings. The summed E-state index contributed by atoms with van der Waals surface area (Å²) < 4.78 is 1.76. The fourth-order valence-corrected chi connectivity index (χ4v) is 1.21. The third kappa shape index (κ3) is 3.27. The van der Waals surface area contributed by atoms with Crippen molar-refractivity contribution in [3.8, 4) is 0 Å². The molecule has 5 heteroatoms. The Labute approximate surface area is 84.2 Å². The lowest BCUT2D eigenvalue weighted by Gasteiger charge is -2.10. The van der Waals surface area contributed by atoms with Crippen molar-refractivity contribution in [1.82, 2.24) is 19.9 Å². The van der Waals surface area contributed by atoms with Crippen molar-refractivity contribution >= 4 is 0 Å². The van der Waals surface area contributed by atoms with Crippen molar-refractivity contribution < 1.29 is 0 Å². The summed E-state index contributed by atoms with van der Waals surface area (Å²) in [6, 6.07) is 0. The average molecular weight is 195 g/mol. The van der Waals surface area contributed by atoms with Crippen LogP contribution in [0.25, 0.3) is 0 Å². The standard InChI is InChI=1S/C9H17N5/c1-3-5-13(2)7-9-8-14(6-4-10)12-11-9/h3,8H,1,4-7,10H2,2H3. The molecule has 78 valence electrons. The molecule has 1 aromatic heterocycles. The van der Waals surface area contributed by atoms with E-state index in [2.05, 4.69) is 21.8 Å². The summed E-state index contributed by atoms with van der Waals surface area (Å²) in [5, 5.41) is 7.99. The monoisotopic (exact) mass is 195 g/mol. The second kappa shape index (κ2) is 5.51. The summed E-state index contributed by atoms with van der Waals surface area (Å²) in [4.78, 5) is 2.11. The smallest absolute Gasteiger partial charge is 0.0967 e. The van der Waals surface area contributed by atoms with Crippen molar-refractivity contribution in [1.29, 1.82) is 0 Å². The minimum absolute atomic E-state index is 0.589. The zero-order valence-corrected chi connectivity index (χ0v) is 8.56. The van der Waals surface area contributed by atoms with Gasteiger partial charge in [-0.1, -0.05) is 11.3 Å². The number of likely N-dealkylation sites (N-methyl/N-ethyl adjacent to an activating group) is 1. The normalized spacial score (nSPS) is 10.8. The Bertz CT molecular complexity index is 280. The molecule has 14 heavy (non-hydrogen) atoms. The van der Waals surface area contributed by atoms with Crippen molar-refractivity contribution in [2.75, 3.05) is 20.1 Å². The molecule has 0 bridgehead atoms. The SMILES string of the molecule is C=CCN(C)Cc1cn(CCN)nn1. The number of aromatic nitrogens is 3. The highest BCUT2D eigenvalue weighted by Gasteiger charge is 2.02. The van der Waals surface area contributed by atoms with Gasteiger partial charge in [-0.25, -0.2) is 0 Å². The van der Waals surface area contributed by atoms with Crippen LogP contribution in [-0.4, -0.2) is 40.0 Å². The first-order valence-electron chi connectivity index (χ1n) is 4.64. The van der Waals surface area contributed by atoms with Gasteiger partial charge in [-0.2, -0.15) is 0 Å². The van der Waals surface area contributed by atoms with Gasteiger partial charge < -0.3 is 5.73 Å². The first kappa shape index (κ1) is 10.9. The van der Waals surface area contributed by atoms with Crippen LogP contribution in [-0.2, 0) is 13.1 Å². The second-order valence-electron chi connectivity index (χ2n) is 3.25. The van der Waals surface area contributed by atoms with Gasteiger partial charge in [-0.15, -0.1) is 11.7 Å². The maximum atomic E-state index is 5.41. The maximum Gasteiger partial charge on any atom is 0.0967 e. The van der Waals surface area contributed by atoms with E-state index < -0.39 is 0 Å². The van der Waals surface area contributed by atoms with Crippen LogP contribution >= 0.6 is 0 Å². The predicted molar refractivity (Wildman–Crippen MR) is 55.6 cm³/mol. The molecule has 0 radical (unpaired) electrons. The van der Waals surface area contributed by atoms with Gasteiger partial charge in [0.05, 0.1) is 12.2 Å². The molecule has 5 nitrogen and oxygen atoms in total. The highest BCUT2D eigenvalue weighted by atomic mass is 15.4. The van der Waals surface area contributed by atoms with Crippen LogP contribution < -0.4 is 5.73 Å². The van der Waals surface area contributed by atoms with Gasteiger partial charge in [0.1, 0.15) is 0 Å². The molecule has 1 aromatic rings. The van der Waals surface area contributed by atoms with Crippen LogP contribution in [0.4, 0.5) is 0 Å². The number of rotatable bonds is 6. The Kier molecular flexibility index (Phi) is 4.28. The minimum atomic E-state index is 0.589. The summed E-state index contributed by atoms with van der Waals surface area (Å²) >= 11 is 0. The van der Waals surface area contributed by atoms with E-state index in [1.54, 1.807) is 4.68 Å². The molecule has 0 atom stereocenters. The highest BCUT2D eigenvalue weighted by Crippen LogP contribution is 1.97. The van der Waals surface area contributed by atoms with E-state index in [4.69, 9.17) is 5.73 Å². The predicted octanol–water partition coefficient (Wildman–Crippen LogP) is -0.145. The summed E-state index contributed by atoms with van der Waals surface area (Å²) in [5.41, 5.74) is 6.37. The topological polar surface area (TPSA) is 60.0 Å². The molecule has 0 aliphatic rings. The molecular formula is C9H17N5. The number of hydrogen-bond acceptors (Lipinski definition) is 4. The van der Waals surface area contributed by atoms with Crippen molar-refractivity contribution in [3.05, 3.63) is 24.5 Å². The molecular weight excluding hydrogens is 178 g/mol. The van der Waals surface area contributed by atoms with Crippen LogP contribution in [0.3, 0.4) is 0 Å². The molecule has 0 saturated heterocycles. The van der Waals surface area contributed by atoms with E-state index in [-0.39, 0.29) is 0 Å². The lowest BCUT2D eigenvalue weighted by Crippen LogP contribution is -2.17. The van der Waals surface area contributed by atoms with Crippen LogP contribution in [0.1, 0.15) is 5.69 Å². The van der Waals surface area contributed by atoms with Gasteiger partial charge in [0.25, 0.3) is 0 Å². The second-order valence-corrected chi connectivity index (χ2v) is 3.25. The summed E-state index contributed by atoms with van der Waals surface area (Å²) in [7, 11) is 2.02. The maximum absolute atomic E-state index is 5.41. The Hall–Kier alpha value is -1.20. The molecule has 1 rings (SSSR count). The molecule has 0 amide bonds. The Balaban J connectivity index is 2.46. The van der Waals surface area contributed by atoms with Crippen molar-refractivity contribution in [2.45, 2.75) is 13.1 Å². The quantitative estimate of drug-likeness (QED) is 0.642. The summed E-state index contributed by atoms with van der Waals surface area (Å²) in [6.07, 6.45) is 3.79. The van der Waals surface area contributed by atoms with E-state index in [1.165, 1.54) is 0 Å². The Morgan fingerprint density at radius 3 is 3.14 bits per heavy atom. The molecule has 0 aliphatic carbocycles. The van der Waals surface area contributed by atoms with E-state index in [0.717, 1.165) is 25.3 Å². The van der Waals surface area contributed by atoms with E-state index in [9.17, 15) is 0 Å². The zero-order valence-electron chi connectivity index (χ0n) is 8.56. The summed E-state index contributed by atoms with van der Waals surface area (Å²) in [5.74, 6) is 0. The van der Waals surface area contributed by atoms with Crippen LogP contribution in [0.5, 0.6) is 0 Å². The molecule has 1 heterocycles. The lowest BCUT2D eigenvalue weighted by atomic mass is 10.4. The van der Waals surface area contributed by atoms with E-state index in [0.29, 0.717) is 6.54 Å². The lowest BCUT2D eigenvalue weighted by molar-refractivity contribution is 0.358. The van der Waals surface area contributed by atoms with Crippen molar-refractivity contribution in [2.24, 2.45) is 5.73 Å². The van der Waals surface area contributed by atoms with E-state index in [1.807, 2.05) is 19.3 Å². The highest BCUT2D eigenvalue weighted by molar-refractivity contribution is 4.92. The fourth-order valence-electron chi connectivity index (χ4n) is 1.21. The minimum Gasteiger partial charge on any atom is -0.329 e. The fraction of sp³-hybridized carbons (Fsp3) is 0.556. The Morgan fingerprint density at radius 1 is 1.71 bits per heavy atom.